The normalized spacial score (nSPS) is 11.6. The van der Waals surface area contributed by atoms with Crippen LogP contribution in [0.25, 0.3) is 10.8 Å². The van der Waals surface area contributed by atoms with Gasteiger partial charge in [-0.3, -0.25) is 4.79 Å². The summed E-state index contributed by atoms with van der Waals surface area (Å²) in [5.41, 5.74) is 3.33. The molecule has 22 heavy (non-hydrogen) atoms. The van der Waals surface area contributed by atoms with E-state index in [0.717, 1.165) is 22.8 Å². The van der Waals surface area contributed by atoms with Crippen molar-refractivity contribution in [3.8, 4) is 5.75 Å². The van der Waals surface area contributed by atoms with Crippen LogP contribution in [0.5, 0.6) is 5.75 Å². The molecule has 1 N–H and O–H groups in total. The van der Waals surface area contributed by atoms with Crippen LogP contribution in [0, 0.1) is 12.8 Å². The van der Waals surface area contributed by atoms with Crippen molar-refractivity contribution in [2.45, 2.75) is 53.4 Å². The van der Waals surface area contributed by atoms with Gasteiger partial charge in [0.15, 0.2) is 0 Å². The van der Waals surface area contributed by atoms with E-state index in [-0.39, 0.29) is 11.8 Å². The van der Waals surface area contributed by atoms with Crippen LogP contribution in [0.3, 0.4) is 0 Å². The van der Waals surface area contributed by atoms with Crippen LogP contribution >= 0.6 is 0 Å². The molecule has 2 rings (SSSR count). The maximum absolute atomic E-state index is 11.9. The highest BCUT2D eigenvalue weighted by atomic mass is 16.3. The third kappa shape index (κ3) is 3.32. The zero-order valence-corrected chi connectivity index (χ0v) is 14.2. The second-order valence-corrected chi connectivity index (χ2v) is 6.77. The third-order valence-corrected chi connectivity index (χ3v) is 4.40. The molecule has 0 aromatic heterocycles. The number of aromatic hydroxyl groups is 1. The lowest BCUT2D eigenvalue weighted by Crippen LogP contribution is -2.08. The highest BCUT2D eigenvalue weighted by Gasteiger charge is 2.13. The molecule has 2 aromatic carbocycles. The lowest BCUT2D eigenvalue weighted by molar-refractivity contribution is -0.121. The van der Waals surface area contributed by atoms with E-state index < -0.39 is 0 Å². The van der Waals surface area contributed by atoms with Crippen LogP contribution in [-0.2, 0) is 11.2 Å². The lowest BCUT2D eigenvalue weighted by Gasteiger charge is -2.15. The van der Waals surface area contributed by atoms with E-state index in [4.69, 9.17) is 0 Å². The minimum atomic E-state index is 0.0798. The van der Waals surface area contributed by atoms with Gasteiger partial charge in [-0.15, -0.1) is 0 Å². The second-order valence-electron chi connectivity index (χ2n) is 6.77. The minimum Gasteiger partial charge on any atom is -0.508 e. The summed E-state index contributed by atoms with van der Waals surface area (Å²) in [6.07, 6.45) is 1.30. The first-order valence-corrected chi connectivity index (χ1v) is 8.09. The number of benzene rings is 2. The Balaban J connectivity index is 2.47. The molecule has 0 atom stereocenters. The fourth-order valence-electron chi connectivity index (χ4n) is 2.88. The Hall–Kier alpha value is -1.83. The molecule has 0 saturated heterocycles. The first-order chi connectivity index (χ1) is 10.3. The summed E-state index contributed by atoms with van der Waals surface area (Å²) in [6, 6.07) is 8.15. The Kier molecular flexibility index (Phi) is 4.90. The van der Waals surface area contributed by atoms with Gasteiger partial charge in [-0.1, -0.05) is 39.8 Å². The molecule has 0 amide bonds. The second kappa shape index (κ2) is 6.51. The summed E-state index contributed by atoms with van der Waals surface area (Å²) in [4.78, 5) is 11.9. The zero-order chi connectivity index (χ0) is 16.4. The summed E-state index contributed by atoms with van der Waals surface area (Å²) in [5.74, 6) is 1.01. The molecule has 118 valence electrons. The average Bonchev–Trinajstić information content (AvgIpc) is 2.45. The molecular weight excluding hydrogens is 272 g/mol. The summed E-state index contributed by atoms with van der Waals surface area (Å²) in [7, 11) is 0. The molecule has 0 bridgehead atoms. The number of phenols is 1. The average molecular weight is 298 g/mol. The summed E-state index contributed by atoms with van der Waals surface area (Å²) < 4.78 is 0. The monoisotopic (exact) mass is 298 g/mol. The molecule has 2 aromatic rings. The van der Waals surface area contributed by atoms with E-state index in [2.05, 4.69) is 39.0 Å². The standard InChI is InChI=1S/C20H26O2/c1-12(2)17-10-15-7-6-14(5)16(18(15)11-20(17)22)8-9-19(21)13(3)4/h6-7,10-13,22H,8-9H2,1-5H3. The number of aryl methyl sites for hydroxylation is 2. The van der Waals surface area contributed by atoms with Crippen molar-refractivity contribution < 1.29 is 9.90 Å². The fourth-order valence-corrected chi connectivity index (χ4v) is 2.88. The van der Waals surface area contributed by atoms with Gasteiger partial charge in [-0.05, 0) is 58.9 Å². The summed E-state index contributed by atoms with van der Waals surface area (Å²) in [5, 5.41) is 12.5. The van der Waals surface area contributed by atoms with Crippen molar-refractivity contribution in [1.29, 1.82) is 0 Å². The van der Waals surface area contributed by atoms with Gasteiger partial charge in [0.25, 0.3) is 0 Å². The van der Waals surface area contributed by atoms with Gasteiger partial charge < -0.3 is 5.11 Å². The Bertz CT molecular complexity index is 696. The highest BCUT2D eigenvalue weighted by Crippen LogP contribution is 2.33. The van der Waals surface area contributed by atoms with E-state index >= 15 is 0 Å². The SMILES string of the molecule is Cc1ccc2cc(C(C)C)c(O)cc2c1CCC(=O)C(C)C. The third-order valence-electron chi connectivity index (χ3n) is 4.40. The highest BCUT2D eigenvalue weighted by molar-refractivity contribution is 5.90. The van der Waals surface area contributed by atoms with E-state index in [9.17, 15) is 9.90 Å². The van der Waals surface area contributed by atoms with Gasteiger partial charge in [-0.2, -0.15) is 0 Å². The number of carbonyl (C=O) groups excluding carboxylic acids is 1. The molecule has 0 aliphatic rings. The number of Topliss-reactive ketones (excluding diaryl/α,β-unsaturated/α-hetero) is 1. The van der Waals surface area contributed by atoms with Gasteiger partial charge in [0, 0.05) is 12.3 Å². The fraction of sp³-hybridized carbons (Fsp3) is 0.450. The molecule has 0 fully saturated rings. The van der Waals surface area contributed by atoms with Crippen LogP contribution in [0.4, 0.5) is 0 Å². The molecule has 0 spiro atoms. The number of fused-ring (bicyclic) bond motifs is 1. The lowest BCUT2D eigenvalue weighted by atomic mass is 9.91. The topological polar surface area (TPSA) is 37.3 Å². The number of carbonyl (C=O) groups is 1. The summed E-state index contributed by atoms with van der Waals surface area (Å²) in [6.45, 7) is 10.1. The molecule has 0 unspecified atom stereocenters. The molecular formula is C20H26O2. The number of rotatable bonds is 5. The van der Waals surface area contributed by atoms with Gasteiger partial charge in [0.2, 0.25) is 0 Å². The molecule has 0 saturated carbocycles. The van der Waals surface area contributed by atoms with Crippen molar-refractivity contribution in [2.24, 2.45) is 5.92 Å². The number of phenolic OH excluding ortho intramolecular Hbond substituents is 1. The van der Waals surface area contributed by atoms with Gasteiger partial charge >= 0.3 is 0 Å². The van der Waals surface area contributed by atoms with Crippen LogP contribution in [0.15, 0.2) is 24.3 Å². The molecule has 2 nitrogen and oxygen atoms in total. The largest absolute Gasteiger partial charge is 0.508 e. The molecule has 0 heterocycles. The van der Waals surface area contributed by atoms with Crippen molar-refractivity contribution in [3.05, 3.63) is 41.0 Å². The van der Waals surface area contributed by atoms with Gasteiger partial charge in [0.05, 0.1) is 0 Å². The minimum absolute atomic E-state index is 0.0798. The Morgan fingerprint density at radius 1 is 1.14 bits per heavy atom. The maximum Gasteiger partial charge on any atom is 0.135 e. The van der Waals surface area contributed by atoms with Crippen LogP contribution in [-0.4, -0.2) is 10.9 Å². The van der Waals surface area contributed by atoms with Crippen molar-refractivity contribution in [2.75, 3.05) is 0 Å². The van der Waals surface area contributed by atoms with E-state index in [0.29, 0.717) is 18.0 Å². The van der Waals surface area contributed by atoms with Gasteiger partial charge in [0.1, 0.15) is 11.5 Å². The molecule has 0 radical (unpaired) electrons. The van der Waals surface area contributed by atoms with Crippen molar-refractivity contribution in [3.63, 3.8) is 0 Å². The van der Waals surface area contributed by atoms with Crippen LogP contribution in [0.2, 0.25) is 0 Å². The number of hydrogen-bond acceptors (Lipinski definition) is 2. The zero-order valence-electron chi connectivity index (χ0n) is 14.2. The van der Waals surface area contributed by atoms with Crippen LogP contribution in [0.1, 0.15) is 56.7 Å². The van der Waals surface area contributed by atoms with E-state index in [1.165, 1.54) is 11.1 Å². The quantitative estimate of drug-likeness (QED) is 0.830. The molecule has 0 aliphatic carbocycles. The maximum atomic E-state index is 11.9. The van der Waals surface area contributed by atoms with E-state index in [1.54, 1.807) is 0 Å². The van der Waals surface area contributed by atoms with Crippen LogP contribution < -0.4 is 0 Å². The first-order valence-electron chi connectivity index (χ1n) is 8.09. The Morgan fingerprint density at radius 3 is 2.41 bits per heavy atom. The Morgan fingerprint density at radius 2 is 1.82 bits per heavy atom. The smallest absolute Gasteiger partial charge is 0.135 e. The van der Waals surface area contributed by atoms with E-state index in [1.807, 2.05) is 19.9 Å². The Labute approximate surface area is 133 Å². The van der Waals surface area contributed by atoms with Crippen molar-refractivity contribution in [1.82, 2.24) is 0 Å². The summed E-state index contributed by atoms with van der Waals surface area (Å²) >= 11 is 0. The van der Waals surface area contributed by atoms with Crippen molar-refractivity contribution >= 4 is 16.6 Å². The van der Waals surface area contributed by atoms with Gasteiger partial charge in [-0.25, -0.2) is 0 Å². The molecule has 2 heteroatoms. The number of hydrogen-bond donors (Lipinski definition) is 1. The predicted molar refractivity (Wildman–Crippen MR) is 92.6 cm³/mol. The molecule has 0 aliphatic heterocycles. The first kappa shape index (κ1) is 16.5. The number of ketones is 1. The predicted octanol–water partition coefficient (Wildman–Crippen LogP) is 5.13.